The van der Waals surface area contributed by atoms with Gasteiger partial charge in [0.1, 0.15) is 5.69 Å². The third kappa shape index (κ3) is 5.40. The second kappa shape index (κ2) is 10.0. The molecule has 0 saturated carbocycles. The number of amides is 3. The summed E-state index contributed by atoms with van der Waals surface area (Å²) in [6.45, 7) is 2.03. The largest absolute Gasteiger partial charge is 0.330 e. The van der Waals surface area contributed by atoms with Crippen LogP contribution in [0.1, 0.15) is 27.2 Å². The van der Waals surface area contributed by atoms with Gasteiger partial charge in [0.25, 0.3) is 5.91 Å². The van der Waals surface area contributed by atoms with Crippen LogP contribution in [-0.4, -0.2) is 47.9 Å². The van der Waals surface area contributed by atoms with E-state index in [1.54, 1.807) is 43.2 Å². The predicted octanol–water partition coefficient (Wildman–Crippen LogP) is 5.16. The lowest BCUT2D eigenvalue weighted by Crippen LogP contribution is -2.36. The van der Waals surface area contributed by atoms with E-state index in [1.165, 1.54) is 16.9 Å². The van der Waals surface area contributed by atoms with E-state index in [1.807, 2.05) is 49.4 Å². The van der Waals surface area contributed by atoms with E-state index >= 15 is 0 Å². The molecule has 0 fully saturated rings. The molecule has 0 aliphatic carbocycles. The monoisotopic (exact) mass is 473 g/mol. The standard InChI is InChI=1S/C26H27N5O2S/c1-17-5-13-21-23(15-17)34-25(28-21)29-24(32)22-14-10-19(16-27-22)7-6-18-8-11-20(12-9-18)31(4)26(33)30(2)3/h5,8-16H,6-7H2,1-4H3,(H,28,29,32). The minimum atomic E-state index is -0.269. The first-order valence-electron chi connectivity index (χ1n) is 11.0. The molecule has 0 aliphatic rings. The fraction of sp³-hybridized carbons (Fsp3) is 0.231. The van der Waals surface area contributed by atoms with Crippen molar-refractivity contribution in [1.29, 1.82) is 0 Å². The molecule has 2 aromatic heterocycles. The van der Waals surface area contributed by atoms with Crippen molar-refractivity contribution in [1.82, 2.24) is 14.9 Å². The number of rotatable bonds is 6. The number of anilines is 2. The molecule has 1 N–H and O–H groups in total. The number of hydrogen-bond donors (Lipinski definition) is 1. The van der Waals surface area contributed by atoms with Gasteiger partial charge in [0.05, 0.1) is 10.2 Å². The number of carbonyl (C=O) groups excluding carboxylic acids is 2. The van der Waals surface area contributed by atoms with Crippen LogP contribution >= 0.6 is 11.3 Å². The molecule has 0 saturated heterocycles. The summed E-state index contributed by atoms with van der Waals surface area (Å²) in [5, 5.41) is 3.42. The number of aryl methyl sites for hydroxylation is 3. The Morgan fingerprint density at radius 3 is 2.32 bits per heavy atom. The number of nitrogens with zero attached hydrogens (tertiary/aromatic N) is 4. The molecule has 4 rings (SSSR count). The van der Waals surface area contributed by atoms with Gasteiger partial charge in [-0.3, -0.25) is 20.0 Å². The Hall–Kier alpha value is -3.78. The number of pyridine rings is 1. The first-order chi connectivity index (χ1) is 16.3. The summed E-state index contributed by atoms with van der Waals surface area (Å²) in [7, 11) is 5.23. The summed E-state index contributed by atoms with van der Waals surface area (Å²) in [6, 6.07) is 17.6. The van der Waals surface area contributed by atoms with Crippen molar-refractivity contribution in [3.63, 3.8) is 0 Å². The van der Waals surface area contributed by atoms with Crippen LogP contribution in [0.4, 0.5) is 15.6 Å². The van der Waals surface area contributed by atoms with Gasteiger partial charge in [-0.2, -0.15) is 0 Å². The van der Waals surface area contributed by atoms with E-state index in [2.05, 4.69) is 21.4 Å². The van der Waals surface area contributed by atoms with Crippen LogP contribution < -0.4 is 10.2 Å². The summed E-state index contributed by atoms with van der Waals surface area (Å²) < 4.78 is 1.04. The average Bonchev–Trinajstić information content (AvgIpc) is 3.23. The van der Waals surface area contributed by atoms with Gasteiger partial charge in [-0.1, -0.05) is 35.6 Å². The number of benzene rings is 2. The molecule has 0 atom stereocenters. The Labute approximate surface area is 203 Å². The SMILES string of the molecule is Cc1ccc2nc(NC(=O)c3ccc(CCc4ccc(N(C)C(=O)N(C)C)cc4)cn3)sc2c1. The van der Waals surface area contributed by atoms with Crippen molar-refractivity contribution in [3.8, 4) is 0 Å². The smallest absolute Gasteiger partial charge is 0.323 e. The molecule has 0 bridgehead atoms. The molecule has 0 unspecified atom stereocenters. The molecule has 4 aromatic rings. The zero-order valence-electron chi connectivity index (χ0n) is 19.7. The fourth-order valence-electron chi connectivity index (χ4n) is 3.54. The van der Waals surface area contributed by atoms with Crippen molar-refractivity contribution in [2.75, 3.05) is 31.4 Å². The van der Waals surface area contributed by atoms with Gasteiger partial charge in [-0.25, -0.2) is 9.78 Å². The topological polar surface area (TPSA) is 78.4 Å². The van der Waals surface area contributed by atoms with Crippen LogP contribution in [-0.2, 0) is 12.8 Å². The highest BCUT2D eigenvalue weighted by Gasteiger charge is 2.13. The summed E-state index contributed by atoms with van der Waals surface area (Å²) in [5.41, 5.74) is 5.46. The van der Waals surface area contributed by atoms with E-state index < -0.39 is 0 Å². The van der Waals surface area contributed by atoms with Crippen LogP contribution in [0.25, 0.3) is 10.2 Å². The zero-order valence-corrected chi connectivity index (χ0v) is 20.5. The van der Waals surface area contributed by atoms with Gasteiger partial charge in [0.2, 0.25) is 0 Å². The highest BCUT2D eigenvalue weighted by molar-refractivity contribution is 7.22. The van der Waals surface area contributed by atoms with Gasteiger partial charge >= 0.3 is 6.03 Å². The number of nitrogens with one attached hydrogen (secondary N) is 1. The second-order valence-electron chi connectivity index (χ2n) is 8.40. The summed E-state index contributed by atoms with van der Waals surface area (Å²) in [5.74, 6) is -0.269. The summed E-state index contributed by atoms with van der Waals surface area (Å²) in [4.78, 5) is 36.6. The number of aromatic nitrogens is 2. The Balaban J connectivity index is 1.33. The van der Waals surface area contributed by atoms with Crippen molar-refractivity contribution in [2.24, 2.45) is 0 Å². The molecule has 174 valence electrons. The second-order valence-corrected chi connectivity index (χ2v) is 9.43. The minimum Gasteiger partial charge on any atom is -0.330 e. The van der Waals surface area contributed by atoms with Crippen molar-refractivity contribution in [3.05, 3.63) is 83.2 Å². The number of urea groups is 1. The Morgan fingerprint density at radius 1 is 0.941 bits per heavy atom. The van der Waals surface area contributed by atoms with Crippen LogP contribution in [0, 0.1) is 6.92 Å². The lowest BCUT2D eigenvalue weighted by molar-refractivity contribution is 0.102. The highest BCUT2D eigenvalue weighted by Crippen LogP contribution is 2.27. The molecule has 0 radical (unpaired) electrons. The quantitative estimate of drug-likeness (QED) is 0.420. The molecule has 2 heterocycles. The molecule has 34 heavy (non-hydrogen) atoms. The van der Waals surface area contributed by atoms with E-state index in [0.717, 1.165) is 39.9 Å². The minimum absolute atomic E-state index is 0.0683. The number of carbonyl (C=O) groups is 2. The lowest BCUT2D eigenvalue weighted by Gasteiger charge is -2.22. The van der Waals surface area contributed by atoms with Crippen LogP contribution in [0.2, 0.25) is 0 Å². The molecule has 2 aromatic carbocycles. The van der Waals surface area contributed by atoms with Crippen molar-refractivity contribution < 1.29 is 9.59 Å². The van der Waals surface area contributed by atoms with E-state index in [4.69, 9.17) is 0 Å². The Kier molecular flexibility index (Phi) is 6.88. The van der Waals surface area contributed by atoms with E-state index in [0.29, 0.717) is 10.8 Å². The lowest BCUT2D eigenvalue weighted by atomic mass is 10.1. The number of thiazole rings is 1. The van der Waals surface area contributed by atoms with Gasteiger partial charge in [-0.05, 0) is 66.8 Å². The first-order valence-corrected chi connectivity index (χ1v) is 11.8. The molecule has 0 aliphatic heterocycles. The maximum atomic E-state index is 12.6. The van der Waals surface area contributed by atoms with Crippen molar-refractivity contribution >= 4 is 44.3 Å². The summed E-state index contributed by atoms with van der Waals surface area (Å²) >= 11 is 1.45. The fourth-order valence-corrected chi connectivity index (χ4v) is 4.50. The number of fused-ring (bicyclic) bond motifs is 1. The predicted molar refractivity (Wildman–Crippen MR) is 138 cm³/mol. The first kappa shape index (κ1) is 23.4. The maximum Gasteiger partial charge on any atom is 0.323 e. The van der Waals surface area contributed by atoms with Gasteiger partial charge in [0.15, 0.2) is 5.13 Å². The van der Waals surface area contributed by atoms with Gasteiger partial charge in [-0.15, -0.1) is 0 Å². The van der Waals surface area contributed by atoms with E-state index in [-0.39, 0.29) is 11.9 Å². The molecule has 8 heteroatoms. The van der Waals surface area contributed by atoms with Crippen molar-refractivity contribution in [2.45, 2.75) is 19.8 Å². The Morgan fingerprint density at radius 2 is 1.65 bits per heavy atom. The van der Waals surface area contributed by atoms with Gasteiger partial charge in [0, 0.05) is 33.0 Å². The highest BCUT2D eigenvalue weighted by atomic mass is 32.1. The molecule has 0 spiro atoms. The molecule has 3 amide bonds. The molecular formula is C26H27N5O2S. The maximum absolute atomic E-state index is 12.6. The molecular weight excluding hydrogens is 446 g/mol. The van der Waals surface area contributed by atoms with Crippen LogP contribution in [0.15, 0.2) is 60.8 Å². The van der Waals surface area contributed by atoms with Gasteiger partial charge < -0.3 is 4.90 Å². The van der Waals surface area contributed by atoms with E-state index in [9.17, 15) is 9.59 Å². The normalized spacial score (nSPS) is 10.8. The molecule has 7 nitrogen and oxygen atoms in total. The zero-order chi connectivity index (χ0) is 24.2. The van der Waals surface area contributed by atoms with Crippen LogP contribution in [0.3, 0.4) is 0 Å². The third-order valence-corrected chi connectivity index (χ3v) is 6.45. The van der Waals surface area contributed by atoms with Crippen LogP contribution in [0.5, 0.6) is 0 Å². The Bertz CT molecular complexity index is 1310. The summed E-state index contributed by atoms with van der Waals surface area (Å²) in [6.07, 6.45) is 3.39. The average molecular weight is 474 g/mol. The third-order valence-electron chi connectivity index (χ3n) is 5.52. The number of hydrogen-bond acceptors (Lipinski definition) is 5.